The minimum Gasteiger partial charge on any atom is -0.393 e. The molecule has 0 heterocycles. The highest BCUT2D eigenvalue weighted by Gasteiger charge is 2.25. The molecule has 0 aromatic rings. The largest absolute Gasteiger partial charge is 0.393 e. The van der Waals surface area contributed by atoms with E-state index in [9.17, 15) is 0 Å². The van der Waals surface area contributed by atoms with Crippen LogP contribution in [0.15, 0.2) is 5.11 Å². The molecule has 4 heteroatoms. The third kappa shape index (κ3) is 1.59. The molecule has 54 valence electrons. The Morgan fingerprint density at radius 3 is 3.00 bits per heavy atom. The number of nitrogens with zero attached hydrogens (tertiary/aromatic N) is 3. The zero-order chi connectivity index (χ0) is 8.69. The Labute approximate surface area is 57.7 Å². The number of aliphatic hydroxyl groups excluding tert-OH is 1. The molecule has 0 atom stereocenters. The molecule has 1 saturated carbocycles. The van der Waals surface area contributed by atoms with Crippen molar-refractivity contribution in [2.75, 3.05) is 6.54 Å². The third-order valence-corrected chi connectivity index (χ3v) is 1.61. The second-order valence-electron chi connectivity index (χ2n) is 2.40. The van der Waals surface area contributed by atoms with Crippen molar-refractivity contribution in [1.29, 1.82) is 0 Å². The van der Waals surface area contributed by atoms with Crippen molar-refractivity contribution in [3.8, 4) is 0 Å². The molecule has 0 spiro atoms. The van der Waals surface area contributed by atoms with Gasteiger partial charge in [0.2, 0.25) is 0 Å². The predicted octanol–water partition coefficient (Wildman–Crippen LogP) is 1.56. The van der Waals surface area contributed by atoms with Crippen molar-refractivity contribution in [2.45, 2.75) is 18.9 Å². The highest BCUT2D eigenvalue weighted by atomic mass is 16.3. The maximum absolute atomic E-state index is 8.78. The van der Waals surface area contributed by atoms with Crippen LogP contribution in [0.2, 0.25) is 0 Å². The summed E-state index contributed by atoms with van der Waals surface area (Å²) in [5, 5.41) is 12.2. The zero-order valence-corrected chi connectivity index (χ0v) is 5.06. The molecule has 0 aromatic carbocycles. The lowest BCUT2D eigenvalue weighted by Crippen LogP contribution is -2.29. The van der Waals surface area contributed by atoms with Gasteiger partial charge < -0.3 is 5.11 Å². The van der Waals surface area contributed by atoms with E-state index in [-0.39, 0.29) is 7.53 Å². The first-order chi connectivity index (χ1) is 5.33. The van der Waals surface area contributed by atoms with Gasteiger partial charge in [0, 0.05) is 15.9 Å². The molecule has 1 N–H and O–H groups in total. The normalized spacial score (nSPS) is 33.4. The molecule has 4 nitrogen and oxygen atoms in total. The molecule has 0 aliphatic heterocycles. The van der Waals surface area contributed by atoms with Crippen molar-refractivity contribution < 1.29 is 9.50 Å². The Bertz CT molecular complexity index is 145. The Hall–Kier alpha value is -0.730. The van der Waals surface area contributed by atoms with Gasteiger partial charge in [-0.25, -0.2) is 0 Å². The fourth-order valence-electron chi connectivity index (χ4n) is 1.00. The van der Waals surface area contributed by atoms with Gasteiger partial charge in [0.1, 0.15) is 0 Å². The molecule has 0 radical (unpaired) electrons. The lowest BCUT2D eigenvalue weighted by atomic mass is 9.83. The van der Waals surface area contributed by atoms with E-state index >= 15 is 0 Å². The molecule has 1 aliphatic carbocycles. The summed E-state index contributed by atoms with van der Waals surface area (Å²) in [4.78, 5) is 2.63. The van der Waals surface area contributed by atoms with E-state index < -0.39 is 0 Å². The van der Waals surface area contributed by atoms with E-state index in [0.717, 1.165) is 12.8 Å². The second kappa shape index (κ2) is 2.71. The van der Waals surface area contributed by atoms with E-state index in [1.807, 2.05) is 0 Å². The van der Waals surface area contributed by atoms with Crippen LogP contribution in [0.4, 0.5) is 0 Å². The summed E-state index contributed by atoms with van der Waals surface area (Å²) in [6.07, 6.45) is 1.47. The Morgan fingerprint density at radius 2 is 2.56 bits per heavy atom. The lowest BCUT2D eigenvalue weighted by molar-refractivity contribution is 0.0469. The van der Waals surface area contributed by atoms with Crippen LogP contribution in [0.1, 0.15) is 17.2 Å². The maximum Gasteiger partial charge on any atom is 0.0545 e. The van der Waals surface area contributed by atoms with Crippen LogP contribution >= 0.6 is 0 Å². The van der Waals surface area contributed by atoms with Crippen molar-refractivity contribution in [1.82, 2.24) is 0 Å². The SMILES string of the molecule is [2HH].[2H][2H].[N-]=[N+]=NCC1CC(O)C1. The highest BCUT2D eigenvalue weighted by Crippen LogP contribution is 2.26. The fraction of sp³-hybridized carbons (Fsp3) is 1.00. The van der Waals surface area contributed by atoms with Crippen LogP contribution in [-0.4, -0.2) is 17.8 Å². The summed E-state index contributed by atoms with van der Waals surface area (Å²) >= 11 is 0. The summed E-state index contributed by atoms with van der Waals surface area (Å²) < 4.78 is 10.0. The van der Waals surface area contributed by atoms with Crippen LogP contribution in [0.25, 0.3) is 10.4 Å². The molecule has 0 bridgehead atoms. The monoisotopic (exact) mass is 134 g/mol. The van der Waals surface area contributed by atoms with E-state index in [0.29, 0.717) is 12.5 Å². The van der Waals surface area contributed by atoms with E-state index in [4.69, 9.17) is 13.6 Å². The molecule has 0 aromatic heterocycles. The lowest BCUT2D eigenvalue weighted by Gasteiger charge is -2.29. The molecule has 0 amide bonds. The average molecular weight is 134 g/mol. The van der Waals surface area contributed by atoms with Gasteiger partial charge >= 0.3 is 0 Å². The standard InChI is InChI=1S/C5H9N3O.2H2/c6-8-7-3-4-1-5(9)2-4;;/h4-5,9H,1-3H2;2*1H/i;1+1D;1+1. The zero-order valence-electron chi connectivity index (χ0n) is 7.06. The van der Waals surface area contributed by atoms with Gasteiger partial charge in [-0.15, -0.1) is 0 Å². The Morgan fingerprint density at radius 1 is 1.89 bits per heavy atom. The first-order valence-corrected chi connectivity index (χ1v) is 3.02. The second-order valence-corrected chi connectivity index (χ2v) is 2.40. The Balaban J connectivity index is 0. The number of hydrogen-bond acceptors (Lipinski definition) is 2. The number of hydrogen-bond donors (Lipinski definition) is 1. The summed E-state index contributed by atoms with van der Waals surface area (Å²) in [6, 6.07) is 0. The average Bonchev–Trinajstić information content (AvgIpc) is 2.00. The van der Waals surface area contributed by atoms with Crippen molar-refractivity contribution in [2.24, 2.45) is 11.0 Å². The number of azide groups is 1. The predicted molar refractivity (Wildman–Crippen MR) is 37.0 cm³/mol. The number of aliphatic hydroxyl groups is 1. The van der Waals surface area contributed by atoms with E-state index in [1.54, 1.807) is 0 Å². The smallest absolute Gasteiger partial charge is 0.0545 e. The summed E-state index contributed by atoms with van der Waals surface area (Å²) in [5.74, 6) is 0.441. The molecule has 1 fully saturated rings. The van der Waals surface area contributed by atoms with Gasteiger partial charge in [-0.2, -0.15) is 0 Å². The quantitative estimate of drug-likeness (QED) is 0.347. The van der Waals surface area contributed by atoms with Crippen LogP contribution in [0.5, 0.6) is 0 Å². The molecule has 9 heavy (non-hydrogen) atoms. The van der Waals surface area contributed by atoms with Crippen molar-refractivity contribution in [3.05, 3.63) is 10.4 Å². The topological polar surface area (TPSA) is 69.0 Å². The van der Waals surface area contributed by atoms with Crippen LogP contribution in [-0.2, 0) is 0 Å². The Kier molecular flexibility index (Phi) is 1.53. The van der Waals surface area contributed by atoms with Crippen molar-refractivity contribution in [3.63, 3.8) is 0 Å². The van der Waals surface area contributed by atoms with Gasteiger partial charge in [0.15, 0.2) is 0 Å². The summed E-state index contributed by atoms with van der Waals surface area (Å²) in [7, 11) is 0. The van der Waals surface area contributed by atoms with Crippen LogP contribution in [0.3, 0.4) is 0 Å². The minimum absolute atomic E-state index is 0. The molecule has 0 unspecified atom stereocenters. The molecule has 1 aliphatic rings. The van der Waals surface area contributed by atoms with E-state index in [2.05, 4.69) is 10.0 Å². The van der Waals surface area contributed by atoms with Crippen molar-refractivity contribution >= 4 is 0 Å². The van der Waals surface area contributed by atoms with Crippen LogP contribution < -0.4 is 0 Å². The first-order valence-electron chi connectivity index (χ1n) is 4.02. The van der Waals surface area contributed by atoms with Gasteiger partial charge in [0.25, 0.3) is 0 Å². The van der Waals surface area contributed by atoms with Gasteiger partial charge in [-0.05, 0) is 24.3 Å². The maximum atomic E-state index is 8.78. The van der Waals surface area contributed by atoms with Gasteiger partial charge in [-0.3, -0.25) is 0 Å². The molecule has 1 rings (SSSR count). The highest BCUT2D eigenvalue weighted by molar-refractivity contribution is 4.79. The van der Waals surface area contributed by atoms with E-state index in [1.165, 1.54) is 0 Å². The third-order valence-electron chi connectivity index (χ3n) is 1.61. The van der Waals surface area contributed by atoms with Crippen LogP contribution in [0, 0.1) is 5.92 Å². The summed E-state index contributed by atoms with van der Waals surface area (Å²) in [6.45, 7) is 0.549. The van der Waals surface area contributed by atoms with Gasteiger partial charge in [-0.1, -0.05) is 5.11 Å². The summed E-state index contributed by atoms with van der Waals surface area (Å²) in [5.41, 5.74) is 7.90. The minimum atomic E-state index is -0.135. The molecular weight excluding hydrogens is 118 g/mol. The van der Waals surface area contributed by atoms with Gasteiger partial charge in [0.05, 0.1) is 6.10 Å². The molecular formula is C5H13N3O. The fourth-order valence-corrected chi connectivity index (χ4v) is 1.00. The molecule has 0 saturated heterocycles. The number of rotatable bonds is 2. The first kappa shape index (κ1) is 5.09.